The van der Waals surface area contributed by atoms with Crippen molar-refractivity contribution < 1.29 is 19.1 Å². The third-order valence-corrected chi connectivity index (χ3v) is 15.1. The first-order valence-corrected chi connectivity index (χ1v) is 23.6. The second-order valence-electron chi connectivity index (χ2n) is 17.5. The van der Waals surface area contributed by atoms with Crippen molar-refractivity contribution in [2.45, 2.75) is 48.2 Å². The minimum atomic E-state index is -1.50. The maximum Gasteiger partial charge on any atom is 0.312 e. The van der Waals surface area contributed by atoms with Crippen molar-refractivity contribution >= 4 is 35.3 Å². The molecule has 8 aromatic rings. The van der Waals surface area contributed by atoms with Crippen molar-refractivity contribution in [1.29, 1.82) is 0 Å². The maximum atomic E-state index is 16.0. The molecule has 0 bridgehead atoms. The molecule has 9 rings (SSSR count). The second-order valence-corrected chi connectivity index (χ2v) is 19.7. The van der Waals surface area contributed by atoms with E-state index < -0.39 is 33.0 Å². The molecule has 0 saturated carbocycles. The summed E-state index contributed by atoms with van der Waals surface area (Å²) >= 11 is 8.81. The molecule has 0 N–H and O–H groups in total. The van der Waals surface area contributed by atoms with Crippen LogP contribution in [0.25, 0.3) is 11.1 Å². The Bertz CT molecular complexity index is 2800. The van der Waals surface area contributed by atoms with E-state index in [9.17, 15) is 4.79 Å². The first kappa shape index (κ1) is 44.5. The van der Waals surface area contributed by atoms with E-state index in [0.717, 1.165) is 50.1 Å². The van der Waals surface area contributed by atoms with Crippen LogP contribution in [-0.4, -0.2) is 23.3 Å². The number of hydrogen-bond acceptors (Lipinski definition) is 5. The predicted octanol–water partition coefficient (Wildman–Crippen LogP) is 14.3. The van der Waals surface area contributed by atoms with Crippen molar-refractivity contribution in [3.63, 3.8) is 0 Å². The zero-order chi connectivity index (χ0) is 45.7. The fourth-order valence-electron chi connectivity index (χ4n) is 9.70. The molecule has 0 heterocycles. The van der Waals surface area contributed by atoms with E-state index in [1.165, 1.54) is 0 Å². The number of halogens is 1. The summed E-state index contributed by atoms with van der Waals surface area (Å²) in [7, 11) is 0. The van der Waals surface area contributed by atoms with Gasteiger partial charge in [0.05, 0.1) is 17.1 Å². The molecule has 0 aromatic heterocycles. The van der Waals surface area contributed by atoms with Gasteiger partial charge < -0.3 is 9.47 Å². The fourth-order valence-corrected chi connectivity index (χ4v) is 11.8. The molecule has 66 heavy (non-hydrogen) atoms. The summed E-state index contributed by atoms with van der Waals surface area (Å²) < 4.78 is 11.7. The van der Waals surface area contributed by atoms with Crippen LogP contribution in [0.4, 0.5) is 0 Å². The Balaban J connectivity index is 1.18. The number of fused-ring (bicyclic) bond motifs is 3. The Morgan fingerprint density at radius 3 is 1.47 bits per heavy atom. The largest absolute Gasteiger partial charge is 0.465 e. The number of aryl methyl sites for hydroxylation is 1. The Morgan fingerprint density at radius 2 is 0.970 bits per heavy atom. The van der Waals surface area contributed by atoms with E-state index in [1.54, 1.807) is 11.8 Å². The van der Waals surface area contributed by atoms with Crippen LogP contribution in [0.15, 0.2) is 218 Å². The average molecular weight is 904 g/mol. The Labute approximate surface area is 397 Å². The summed E-state index contributed by atoms with van der Waals surface area (Å²) in [6, 6.07) is 72.9. The lowest BCUT2D eigenvalue weighted by Crippen LogP contribution is -2.45. The Hall–Kier alpha value is -6.66. The lowest BCUT2D eigenvalue weighted by molar-refractivity contribution is -0.163. The molecule has 0 fully saturated rings. The number of esters is 2. The number of benzene rings is 8. The first-order valence-electron chi connectivity index (χ1n) is 22.4. The summed E-state index contributed by atoms with van der Waals surface area (Å²) in [5, 5.41) is 0.438. The highest BCUT2D eigenvalue weighted by atomic mass is 35.5. The molecule has 0 aliphatic heterocycles. The van der Waals surface area contributed by atoms with Crippen LogP contribution in [0.3, 0.4) is 0 Å². The standard InChI is InChI=1S/C60H51ClO4S/c1-42-36-38-44(39-37-42)59(43-22-8-4-9-23-43,53-34-20-21-35-55(53)61)65-57(63)54(40-56(62)64-41-52-50-32-18-16-30-48(50)49-31-17-19-33-51(49)52)58(2,3)66-60(45-24-10-5-11-25-45,46-26-12-6-13-27-46)47-28-14-7-15-29-47/h4-39,52,54H,40-41H2,1-3H3. The molecule has 8 aromatic carbocycles. The van der Waals surface area contributed by atoms with Gasteiger partial charge in [0, 0.05) is 32.4 Å². The van der Waals surface area contributed by atoms with Crippen LogP contribution in [0.1, 0.15) is 76.3 Å². The molecular weight excluding hydrogens is 852 g/mol. The SMILES string of the molecule is Cc1ccc(C(OC(=O)C(CC(=O)OCC2c3ccccc3-c3ccccc32)C(C)(C)SC(c2ccccc2)(c2ccccc2)c2ccccc2)(c2ccccc2)c2ccccc2Cl)cc1. The minimum absolute atomic E-state index is 0.126. The molecule has 0 amide bonds. The second kappa shape index (κ2) is 19.1. The van der Waals surface area contributed by atoms with Crippen LogP contribution in [0, 0.1) is 12.8 Å². The van der Waals surface area contributed by atoms with Gasteiger partial charge in [-0.1, -0.05) is 229 Å². The van der Waals surface area contributed by atoms with Gasteiger partial charge in [-0.25, -0.2) is 0 Å². The summed E-state index contributed by atoms with van der Waals surface area (Å²) in [4.78, 5) is 30.8. The van der Waals surface area contributed by atoms with Gasteiger partial charge in [0.25, 0.3) is 0 Å². The fraction of sp³-hybridized carbons (Fsp3) is 0.167. The molecule has 1 aliphatic carbocycles. The number of rotatable bonds is 15. The van der Waals surface area contributed by atoms with Gasteiger partial charge in [-0.3, -0.25) is 9.59 Å². The highest BCUT2D eigenvalue weighted by molar-refractivity contribution is 8.02. The van der Waals surface area contributed by atoms with Crippen molar-refractivity contribution in [3.05, 3.63) is 273 Å². The lowest BCUT2D eigenvalue weighted by Gasteiger charge is -2.45. The quantitative estimate of drug-likeness (QED) is 0.0758. The predicted molar refractivity (Wildman–Crippen MR) is 269 cm³/mol. The van der Waals surface area contributed by atoms with E-state index in [-0.39, 0.29) is 18.9 Å². The van der Waals surface area contributed by atoms with Crippen molar-refractivity contribution in [1.82, 2.24) is 0 Å². The average Bonchev–Trinajstić information content (AvgIpc) is 3.68. The molecule has 0 spiro atoms. The summed E-state index contributed by atoms with van der Waals surface area (Å²) in [6.07, 6.45) is -0.245. The van der Waals surface area contributed by atoms with Gasteiger partial charge in [-0.2, -0.15) is 0 Å². The normalized spacial score (nSPS) is 13.8. The molecule has 328 valence electrons. The van der Waals surface area contributed by atoms with E-state index >= 15 is 4.79 Å². The zero-order valence-electron chi connectivity index (χ0n) is 37.3. The van der Waals surface area contributed by atoms with Crippen LogP contribution in [0.2, 0.25) is 5.02 Å². The van der Waals surface area contributed by atoms with Gasteiger partial charge >= 0.3 is 11.9 Å². The monoisotopic (exact) mass is 902 g/mol. The van der Waals surface area contributed by atoms with Crippen molar-refractivity contribution in [3.8, 4) is 11.1 Å². The van der Waals surface area contributed by atoms with Crippen molar-refractivity contribution in [2.75, 3.05) is 6.61 Å². The van der Waals surface area contributed by atoms with E-state index in [0.29, 0.717) is 16.1 Å². The maximum absolute atomic E-state index is 16.0. The van der Waals surface area contributed by atoms with Crippen molar-refractivity contribution in [2.24, 2.45) is 5.92 Å². The van der Waals surface area contributed by atoms with Crippen LogP contribution >= 0.6 is 23.4 Å². The van der Waals surface area contributed by atoms with Crippen LogP contribution < -0.4 is 0 Å². The number of carbonyl (C=O) groups is 2. The summed E-state index contributed by atoms with van der Waals surface area (Å²) in [5.74, 6) is -2.24. The number of thioether (sulfide) groups is 1. The molecule has 0 radical (unpaired) electrons. The first-order chi connectivity index (χ1) is 32.1. The zero-order valence-corrected chi connectivity index (χ0v) is 38.8. The number of carbonyl (C=O) groups excluding carboxylic acids is 2. The van der Waals surface area contributed by atoms with E-state index in [1.807, 2.05) is 165 Å². The molecular formula is C60H51ClO4S. The van der Waals surface area contributed by atoms with Gasteiger partial charge in [-0.15, -0.1) is 11.8 Å². The van der Waals surface area contributed by atoms with Gasteiger partial charge in [-0.05, 0) is 65.8 Å². The number of ether oxygens (including phenoxy) is 2. The van der Waals surface area contributed by atoms with Gasteiger partial charge in [0.1, 0.15) is 6.61 Å². The highest BCUT2D eigenvalue weighted by Gasteiger charge is 2.51. The molecule has 6 heteroatoms. The molecule has 1 aliphatic rings. The van der Waals surface area contributed by atoms with Gasteiger partial charge in [0.15, 0.2) is 5.60 Å². The molecule has 4 nitrogen and oxygen atoms in total. The Morgan fingerprint density at radius 1 is 0.545 bits per heavy atom. The summed E-state index contributed by atoms with van der Waals surface area (Å²) in [6.45, 7) is 6.25. The highest BCUT2D eigenvalue weighted by Crippen LogP contribution is 2.56. The third-order valence-electron chi connectivity index (χ3n) is 13.0. The van der Waals surface area contributed by atoms with Crippen LogP contribution in [-0.2, 0) is 29.4 Å². The van der Waals surface area contributed by atoms with Crippen LogP contribution in [0.5, 0.6) is 0 Å². The molecule has 0 saturated heterocycles. The van der Waals surface area contributed by atoms with Gasteiger partial charge in [0.2, 0.25) is 0 Å². The number of hydrogen-bond donors (Lipinski definition) is 0. The minimum Gasteiger partial charge on any atom is -0.465 e. The smallest absolute Gasteiger partial charge is 0.312 e. The molecule has 2 unspecified atom stereocenters. The lowest BCUT2D eigenvalue weighted by atomic mass is 9.79. The summed E-state index contributed by atoms with van der Waals surface area (Å²) in [5.41, 5.74) is 9.19. The topological polar surface area (TPSA) is 52.6 Å². The molecule has 2 atom stereocenters. The van der Waals surface area contributed by atoms with E-state index in [2.05, 4.69) is 74.5 Å². The third kappa shape index (κ3) is 8.50. The Kier molecular flexibility index (Phi) is 12.9. The van der Waals surface area contributed by atoms with E-state index in [4.69, 9.17) is 21.1 Å².